The molecule has 1 aromatic carbocycles. The molecule has 0 spiro atoms. The fourth-order valence-electron chi connectivity index (χ4n) is 5.51. The van der Waals surface area contributed by atoms with E-state index in [1.54, 1.807) is 17.2 Å². The van der Waals surface area contributed by atoms with E-state index >= 15 is 0 Å². The topological polar surface area (TPSA) is 83.6 Å². The second-order valence-corrected chi connectivity index (χ2v) is 13.2. The minimum atomic E-state index is -1.50. The quantitative estimate of drug-likeness (QED) is 0.380. The molecule has 0 bridgehead atoms. The number of benzene rings is 1. The van der Waals surface area contributed by atoms with Crippen molar-refractivity contribution < 1.29 is 4.39 Å². The molecule has 1 atom stereocenters. The van der Waals surface area contributed by atoms with Gasteiger partial charge in [-0.3, -0.25) is 8.93 Å². The first-order valence-corrected chi connectivity index (χ1v) is 14.9. The van der Waals surface area contributed by atoms with Crippen molar-refractivity contribution >= 4 is 38.1 Å². The molecular formula is C27H31FN8S. The molecule has 10 heteroatoms. The summed E-state index contributed by atoms with van der Waals surface area (Å²) in [6.07, 6.45) is 10.5. The number of hydrogen-bond acceptors (Lipinski definition) is 7. The van der Waals surface area contributed by atoms with Gasteiger partial charge in [0, 0.05) is 50.7 Å². The summed E-state index contributed by atoms with van der Waals surface area (Å²) in [4.78, 5) is 16.2. The molecule has 0 saturated heterocycles. The highest BCUT2D eigenvalue weighted by atomic mass is 32.2. The average molecular weight is 519 g/mol. The summed E-state index contributed by atoms with van der Waals surface area (Å²) in [6, 6.07) is 9.96. The molecule has 0 radical (unpaired) electrons. The van der Waals surface area contributed by atoms with Crippen LogP contribution in [-0.2, 0) is 22.6 Å². The Morgan fingerprint density at radius 1 is 1.16 bits per heavy atom. The maximum Gasteiger partial charge on any atom is 0.229 e. The SMILES string of the molecule is CN=S(C)(C)=Nc1cccc(-n2cc(F)c3cnc(Nc4cc5c6c(c4)CN(C)CC6CCC5)nc32)n1. The third-order valence-corrected chi connectivity index (χ3v) is 8.74. The highest BCUT2D eigenvalue weighted by Gasteiger charge is 2.29. The van der Waals surface area contributed by atoms with Crippen LogP contribution in [-0.4, -0.2) is 57.6 Å². The Bertz CT molecular complexity index is 1640. The van der Waals surface area contributed by atoms with Crippen LogP contribution in [0.25, 0.3) is 16.9 Å². The summed E-state index contributed by atoms with van der Waals surface area (Å²) in [5.41, 5.74) is 5.76. The number of likely N-dealkylation sites (N-methyl/N-ethyl adjacent to an activating group) is 1. The highest BCUT2D eigenvalue weighted by Crippen LogP contribution is 2.40. The number of nitrogens with one attached hydrogen (secondary N) is 1. The number of hydrogen-bond donors (Lipinski definition) is 1. The van der Waals surface area contributed by atoms with Crippen molar-refractivity contribution in [2.24, 2.45) is 8.73 Å². The molecule has 3 aromatic heterocycles. The van der Waals surface area contributed by atoms with E-state index in [2.05, 4.69) is 48.1 Å². The summed E-state index contributed by atoms with van der Waals surface area (Å²) in [5.74, 6) is 1.75. The molecule has 1 N–H and O–H groups in total. The zero-order chi connectivity index (χ0) is 25.7. The number of rotatable bonds is 4. The Balaban J connectivity index is 1.38. The Morgan fingerprint density at radius 3 is 2.84 bits per heavy atom. The van der Waals surface area contributed by atoms with Gasteiger partial charge in [-0.25, -0.2) is 14.4 Å². The normalized spacial score (nSPS) is 17.5. The van der Waals surface area contributed by atoms with Gasteiger partial charge in [-0.05, 0) is 73.2 Å². The van der Waals surface area contributed by atoms with Gasteiger partial charge in [0.25, 0.3) is 0 Å². The third-order valence-electron chi connectivity index (χ3n) is 7.21. The number of fused-ring (bicyclic) bond motifs is 1. The molecule has 0 saturated carbocycles. The lowest BCUT2D eigenvalue weighted by Crippen LogP contribution is -2.33. The Hall–Kier alpha value is -3.37. The van der Waals surface area contributed by atoms with Gasteiger partial charge < -0.3 is 10.2 Å². The minimum Gasteiger partial charge on any atom is -0.324 e. The number of anilines is 2. The first-order valence-electron chi connectivity index (χ1n) is 12.5. The summed E-state index contributed by atoms with van der Waals surface area (Å²) < 4.78 is 25.5. The van der Waals surface area contributed by atoms with Crippen molar-refractivity contribution in [1.29, 1.82) is 0 Å². The van der Waals surface area contributed by atoms with Crippen LogP contribution < -0.4 is 5.32 Å². The first kappa shape index (κ1) is 24.0. The van der Waals surface area contributed by atoms with Crippen molar-refractivity contribution in [3.8, 4) is 5.82 Å². The molecule has 8 nitrogen and oxygen atoms in total. The van der Waals surface area contributed by atoms with Gasteiger partial charge in [0.05, 0.1) is 5.39 Å². The molecule has 0 amide bonds. The van der Waals surface area contributed by atoms with E-state index in [0.717, 1.165) is 25.2 Å². The number of aryl methyl sites for hydroxylation is 1. The first-order chi connectivity index (χ1) is 17.8. The van der Waals surface area contributed by atoms with Crippen molar-refractivity contribution in [3.05, 3.63) is 65.2 Å². The van der Waals surface area contributed by atoms with E-state index in [9.17, 15) is 4.39 Å². The molecular weight excluding hydrogens is 487 g/mol. The van der Waals surface area contributed by atoms with Crippen LogP contribution in [0.2, 0.25) is 0 Å². The lowest BCUT2D eigenvalue weighted by Gasteiger charge is -2.37. The van der Waals surface area contributed by atoms with Gasteiger partial charge in [0.1, 0.15) is 5.82 Å². The monoisotopic (exact) mass is 518 g/mol. The van der Waals surface area contributed by atoms with Crippen molar-refractivity contribution in [1.82, 2.24) is 24.4 Å². The van der Waals surface area contributed by atoms with Crippen LogP contribution in [0.15, 0.2) is 51.5 Å². The number of nitrogens with zero attached hydrogens (tertiary/aromatic N) is 7. The van der Waals surface area contributed by atoms with Crippen LogP contribution in [0.3, 0.4) is 0 Å². The van der Waals surface area contributed by atoms with E-state index in [-0.39, 0.29) is 0 Å². The van der Waals surface area contributed by atoms with E-state index in [0.29, 0.717) is 34.5 Å². The van der Waals surface area contributed by atoms with Crippen molar-refractivity contribution in [2.45, 2.75) is 31.7 Å². The fourth-order valence-corrected chi connectivity index (χ4v) is 6.15. The maximum atomic E-state index is 14.9. The van der Waals surface area contributed by atoms with E-state index in [1.165, 1.54) is 36.4 Å². The van der Waals surface area contributed by atoms with Crippen LogP contribution in [0.1, 0.15) is 35.4 Å². The lowest BCUT2D eigenvalue weighted by atomic mass is 9.77. The van der Waals surface area contributed by atoms with E-state index in [4.69, 9.17) is 4.98 Å². The molecule has 6 rings (SSSR count). The van der Waals surface area contributed by atoms with Crippen molar-refractivity contribution in [2.75, 3.05) is 38.5 Å². The van der Waals surface area contributed by atoms with Gasteiger partial charge in [-0.1, -0.05) is 15.7 Å². The molecule has 4 heterocycles. The number of halogens is 1. The molecule has 4 aromatic rings. The number of aromatic nitrogens is 4. The molecule has 1 aliphatic carbocycles. The molecule has 1 unspecified atom stereocenters. The molecule has 192 valence electrons. The Morgan fingerprint density at radius 2 is 2.00 bits per heavy atom. The number of pyridine rings is 1. The zero-order valence-electron chi connectivity index (χ0n) is 21.6. The van der Waals surface area contributed by atoms with Crippen LogP contribution in [0.5, 0.6) is 0 Å². The molecule has 0 fully saturated rings. The van der Waals surface area contributed by atoms with Crippen LogP contribution >= 0.6 is 0 Å². The standard InChI is InChI=1S/C27H31FN8S/c1-29-37(3,4)34-23-9-6-10-24(32-23)36-16-22(28)21-13-30-27(33-26(21)36)31-20-11-17-7-5-8-18-14-35(2)15-19(12-20)25(17)18/h6,9-13,16,18H,5,7-8,14-15H2,1-4H3,(H,30,31,33). The minimum absolute atomic E-state index is 0.342. The van der Waals surface area contributed by atoms with Gasteiger partial charge in [0.2, 0.25) is 5.95 Å². The lowest BCUT2D eigenvalue weighted by molar-refractivity contribution is 0.266. The smallest absolute Gasteiger partial charge is 0.229 e. The summed E-state index contributed by atoms with van der Waals surface area (Å²) in [7, 11) is 2.45. The van der Waals surface area contributed by atoms with Crippen LogP contribution in [0.4, 0.5) is 21.8 Å². The largest absolute Gasteiger partial charge is 0.324 e. The van der Waals surface area contributed by atoms with Crippen molar-refractivity contribution in [3.63, 3.8) is 0 Å². The average Bonchev–Trinajstić information content (AvgIpc) is 3.19. The van der Waals surface area contributed by atoms with E-state index in [1.807, 2.05) is 30.7 Å². The Labute approximate surface area is 216 Å². The van der Waals surface area contributed by atoms with Gasteiger partial charge in [-0.15, -0.1) is 0 Å². The molecule has 1 aliphatic heterocycles. The zero-order valence-corrected chi connectivity index (χ0v) is 22.4. The molecule has 37 heavy (non-hydrogen) atoms. The van der Waals surface area contributed by atoms with Gasteiger partial charge >= 0.3 is 0 Å². The molecule has 2 aliphatic rings. The van der Waals surface area contributed by atoms with Gasteiger partial charge in [0.15, 0.2) is 17.3 Å². The summed E-state index contributed by atoms with van der Waals surface area (Å²) >= 11 is 0. The Kier molecular flexibility index (Phi) is 5.95. The third kappa shape index (κ3) is 4.59. The second kappa shape index (κ2) is 9.18. The second-order valence-electron chi connectivity index (χ2n) is 10.2. The van der Waals surface area contributed by atoms with Crippen LogP contribution in [0, 0.1) is 5.82 Å². The predicted octanol–water partition coefficient (Wildman–Crippen LogP) is 5.61. The fraction of sp³-hybridized carbons (Fsp3) is 0.370. The summed E-state index contributed by atoms with van der Waals surface area (Å²) in [5, 5.41) is 3.73. The summed E-state index contributed by atoms with van der Waals surface area (Å²) in [6.45, 7) is 2.07. The predicted molar refractivity (Wildman–Crippen MR) is 148 cm³/mol. The van der Waals surface area contributed by atoms with Gasteiger partial charge in [-0.2, -0.15) is 9.35 Å². The van der Waals surface area contributed by atoms with E-state index < -0.39 is 15.4 Å². The maximum absolute atomic E-state index is 14.9. The highest BCUT2D eigenvalue weighted by molar-refractivity contribution is 7.94.